The van der Waals surface area contributed by atoms with Gasteiger partial charge in [0, 0.05) is 24.2 Å². The lowest BCUT2D eigenvalue weighted by molar-refractivity contribution is 0.295. The van der Waals surface area contributed by atoms with E-state index in [2.05, 4.69) is 44.9 Å². The van der Waals surface area contributed by atoms with Crippen LogP contribution in [0.4, 0.5) is 5.69 Å². The number of aromatic amines is 1. The first-order valence-corrected chi connectivity index (χ1v) is 13.4. The van der Waals surface area contributed by atoms with Gasteiger partial charge in [0.1, 0.15) is 5.75 Å². The van der Waals surface area contributed by atoms with Crippen LogP contribution in [-0.4, -0.2) is 48.8 Å². The van der Waals surface area contributed by atoms with Gasteiger partial charge in [-0.25, -0.2) is 8.42 Å². The monoisotopic (exact) mass is 481 g/mol. The fourth-order valence-electron chi connectivity index (χ4n) is 4.33. The maximum atomic E-state index is 12.5. The van der Waals surface area contributed by atoms with Gasteiger partial charge in [-0.1, -0.05) is 36.4 Å². The Morgan fingerprint density at radius 3 is 2.62 bits per heavy atom. The summed E-state index contributed by atoms with van der Waals surface area (Å²) < 4.78 is 26.2. The van der Waals surface area contributed by atoms with Crippen LogP contribution in [0.3, 0.4) is 0 Å². The van der Waals surface area contributed by atoms with Crippen LogP contribution < -0.4 is 10.3 Å². The van der Waals surface area contributed by atoms with Gasteiger partial charge in [0.05, 0.1) is 16.8 Å². The molecular formula is C26H31N3O4S. The predicted molar refractivity (Wildman–Crippen MR) is 138 cm³/mol. The summed E-state index contributed by atoms with van der Waals surface area (Å²) in [7, 11) is -3.43. The Morgan fingerprint density at radius 1 is 1.12 bits per heavy atom. The van der Waals surface area contributed by atoms with E-state index in [9.17, 15) is 18.3 Å². The van der Waals surface area contributed by atoms with Gasteiger partial charge in [-0.05, 0) is 68.5 Å². The average molecular weight is 482 g/mol. The molecule has 7 nitrogen and oxygen atoms in total. The Morgan fingerprint density at radius 2 is 1.91 bits per heavy atom. The number of fused-ring (bicyclic) bond motifs is 1. The highest BCUT2D eigenvalue weighted by molar-refractivity contribution is 7.92. The molecule has 0 fully saturated rings. The molecule has 0 aliphatic carbocycles. The molecule has 2 heterocycles. The number of aromatic hydroxyl groups is 1. The second-order valence-corrected chi connectivity index (χ2v) is 10.7. The van der Waals surface area contributed by atoms with Crippen molar-refractivity contribution in [2.45, 2.75) is 32.6 Å². The van der Waals surface area contributed by atoms with Crippen molar-refractivity contribution in [1.29, 1.82) is 0 Å². The van der Waals surface area contributed by atoms with Crippen molar-refractivity contribution in [3.8, 4) is 5.75 Å². The fourth-order valence-corrected chi connectivity index (χ4v) is 4.96. The van der Waals surface area contributed by atoms with E-state index in [1.165, 1.54) is 11.1 Å². The third-order valence-electron chi connectivity index (χ3n) is 6.33. The van der Waals surface area contributed by atoms with Crippen LogP contribution in [0, 0.1) is 0 Å². The molecule has 0 unspecified atom stereocenters. The van der Waals surface area contributed by atoms with Crippen molar-refractivity contribution in [3.05, 3.63) is 76.1 Å². The molecule has 1 aromatic heterocycles. The maximum Gasteiger partial charge on any atom is 0.255 e. The van der Waals surface area contributed by atoms with Gasteiger partial charge in [0.2, 0.25) is 10.0 Å². The molecule has 180 valence electrons. The Bertz CT molecular complexity index is 1350. The molecule has 0 radical (unpaired) electrons. The van der Waals surface area contributed by atoms with Crippen molar-refractivity contribution >= 4 is 32.2 Å². The zero-order chi connectivity index (χ0) is 24.1. The minimum absolute atomic E-state index is 0.0474. The Hall–Kier alpha value is -3.10. The molecular weight excluding hydrogens is 450 g/mol. The summed E-state index contributed by atoms with van der Waals surface area (Å²) in [5, 5.41) is 11.2. The number of unbranched alkanes of at least 4 members (excludes halogenated alkanes) is 1. The van der Waals surface area contributed by atoms with Gasteiger partial charge in [-0.2, -0.15) is 0 Å². The lowest BCUT2D eigenvalue weighted by atomic mass is 9.99. The van der Waals surface area contributed by atoms with Crippen LogP contribution in [0.1, 0.15) is 37.3 Å². The minimum atomic E-state index is -3.43. The third kappa shape index (κ3) is 5.69. The summed E-state index contributed by atoms with van der Waals surface area (Å²) in [4.78, 5) is 17.7. The Kier molecular flexibility index (Phi) is 7.38. The van der Waals surface area contributed by atoms with E-state index in [1.54, 1.807) is 25.1 Å². The van der Waals surface area contributed by atoms with Gasteiger partial charge in [-0.3, -0.25) is 14.4 Å². The highest BCUT2D eigenvalue weighted by Crippen LogP contribution is 2.29. The number of rotatable bonds is 9. The highest BCUT2D eigenvalue weighted by Gasteiger charge is 2.15. The van der Waals surface area contributed by atoms with E-state index in [1.807, 2.05) is 6.07 Å². The van der Waals surface area contributed by atoms with Crippen molar-refractivity contribution in [2.24, 2.45) is 0 Å². The second-order valence-electron chi connectivity index (χ2n) is 8.65. The SMILES string of the molecule is CCS(=O)(=O)Nc1ccc2[nH]c(=O)c(CCCCN3CC=C(c4ccccc4)CC3)c(O)c2c1. The van der Waals surface area contributed by atoms with E-state index >= 15 is 0 Å². The molecule has 34 heavy (non-hydrogen) atoms. The standard InChI is InChI=1S/C26H31N3O4S/c1-2-34(32,33)28-21-11-12-24-23(18-21)25(30)22(26(31)27-24)10-6-7-15-29-16-13-20(14-17-29)19-8-4-3-5-9-19/h3-5,8-9,11-13,18,28H,2,6-7,10,14-17H2,1H3,(H2,27,30,31). The summed E-state index contributed by atoms with van der Waals surface area (Å²) in [6.07, 6.45) is 5.47. The number of hydrogen-bond donors (Lipinski definition) is 3. The van der Waals surface area contributed by atoms with Gasteiger partial charge in [0.25, 0.3) is 5.56 Å². The number of nitrogens with one attached hydrogen (secondary N) is 2. The van der Waals surface area contributed by atoms with Gasteiger partial charge in [-0.15, -0.1) is 0 Å². The first-order valence-electron chi connectivity index (χ1n) is 11.7. The molecule has 0 amide bonds. The van der Waals surface area contributed by atoms with E-state index < -0.39 is 10.0 Å². The number of benzene rings is 2. The first-order chi connectivity index (χ1) is 16.4. The summed E-state index contributed by atoms with van der Waals surface area (Å²) in [5.41, 5.74) is 3.55. The normalized spacial score (nSPS) is 14.8. The van der Waals surface area contributed by atoms with Gasteiger partial charge in [0.15, 0.2) is 0 Å². The molecule has 1 aliphatic rings. The topological polar surface area (TPSA) is 102 Å². The number of hydrogen-bond acceptors (Lipinski definition) is 5. The third-order valence-corrected chi connectivity index (χ3v) is 7.63. The molecule has 0 saturated heterocycles. The van der Waals surface area contributed by atoms with Crippen LogP contribution in [0.5, 0.6) is 5.75 Å². The molecule has 0 saturated carbocycles. The number of aromatic nitrogens is 1. The van der Waals surface area contributed by atoms with Crippen LogP contribution in [0.2, 0.25) is 0 Å². The first kappa shape index (κ1) is 24.0. The van der Waals surface area contributed by atoms with Crippen molar-refractivity contribution in [3.63, 3.8) is 0 Å². The van der Waals surface area contributed by atoms with Crippen molar-refractivity contribution in [2.75, 3.05) is 30.1 Å². The van der Waals surface area contributed by atoms with E-state index in [-0.39, 0.29) is 17.1 Å². The number of nitrogens with zero attached hydrogens (tertiary/aromatic N) is 1. The smallest absolute Gasteiger partial charge is 0.255 e. The lowest BCUT2D eigenvalue weighted by Crippen LogP contribution is -2.29. The number of pyridine rings is 1. The molecule has 3 aromatic rings. The molecule has 0 spiro atoms. The quantitative estimate of drug-likeness (QED) is 0.399. The van der Waals surface area contributed by atoms with Crippen molar-refractivity contribution < 1.29 is 13.5 Å². The zero-order valence-corrected chi connectivity index (χ0v) is 20.2. The minimum Gasteiger partial charge on any atom is -0.507 e. The highest BCUT2D eigenvalue weighted by atomic mass is 32.2. The number of anilines is 1. The van der Waals surface area contributed by atoms with E-state index in [0.29, 0.717) is 28.6 Å². The molecule has 4 rings (SSSR count). The van der Waals surface area contributed by atoms with Crippen LogP contribution in [0.25, 0.3) is 16.5 Å². The van der Waals surface area contributed by atoms with Crippen LogP contribution in [-0.2, 0) is 16.4 Å². The average Bonchev–Trinajstić information content (AvgIpc) is 2.84. The number of sulfonamides is 1. The zero-order valence-electron chi connectivity index (χ0n) is 19.4. The summed E-state index contributed by atoms with van der Waals surface area (Å²) in [6.45, 7) is 4.42. The summed E-state index contributed by atoms with van der Waals surface area (Å²) in [6, 6.07) is 15.2. The molecule has 1 aliphatic heterocycles. The second kappa shape index (κ2) is 10.4. The Labute approximate surface area is 200 Å². The van der Waals surface area contributed by atoms with Gasteiger partial charge >= 0.3 is 0 Å². The fraction of sp³-hybridized carbons (Fsp3) is 0.346. The van der Waals surface area contributed by atoms with Crippen LogP contribution >= 0.6 is 0 Å². The maximum absolute atomic E-state index is 12.5. The molecule has 3 N–H and O–H groups in total. The molecule has 0 bridgehead atoms. The molecule has 2 aromatic carbocycles. The summed E-state index contributed by atoms with van der Waals surface area (Å²) >= 11 is 0. The predicted octanol–water partition coefficient (Wildman–Crippen LogP) is 4.11. The number of H-pyrrole nitrogens is 1. The van der Waals surface area contributed by atoms with E-state index in [0.717, 1.165) is 38.9 Å². The molecule has 0 atom stereocenters. The lowest BCUT2D eigenvalue weighted by Gasteiger charge is -2.26. The Balaban J connectivity index is 1.37. The summed E-state index contributed by atoms with van der Waals surface area (Å²) in [5.74, 6) is -0.126. The van der Waals surface area contributed by atoms with Gasteiger partial charge < -0.3 is 10.1 Å². The largest absolute Gasteiger partial charge is 0.507 e. The molecule has 8 heteroatoms. The van der Waals surface area contributed by atoms with Crippen LogP contribution in [0.15, 0.2) is 59.4 Å². The van der Waals surface area contributed by atoms with Crippen molar-refractivity contribution in [1.82, 2.24) is 9.88 Å². The van der Waals surface area contributed by atoms with E-state index in [4.69, 9.17) is 0 Å².